The molecule has 0 saturated carbocycles. The number of nitrogens with zero attached hydrogens (tertiary/aromatic N) is 1. The molecule has 0 spiro atoms. The Kier molecular flexibility index (Phi) is 4.32. The molecule has 1 aliphatic rings. The minimum Gasteiger partial charge on any atom is -0.494 e. The molecule has 0 saturated heterocycles. The van der Waals surface area contributed by atoms with Gasteiger partial charge in [-0.2, -0.15) is 0 Å². The number of methoxy groups -OCH3 is 1. The molecule has 0 fully saturated rings. The van der Waals surface area contributed by atoms with Crippen LogP contribution in [-0.2, 0) is 0 Å². The van der Waals surface area contributed by atoms with Gasteiger partial charge in [0.05, 0.1) is 18.6 Å². The average molecular weight is 366 g/mol. The summed E-state index contributed by atoms with van der Waals surface area (Å²) < 4.78 is 33.7. The summed E-state index contributed by atoms with van der Waals surface area (Å²) in [7, 11) is 1.27. The molecule has 136 valence electrons. The van der Waals surface area contributed by atoms with E-state index in [-0.39, 0.29) is 12.3 Å². The number of fused-ring (bicyclic) bond motifs is 1. The molecule has 0 aliphatic carbocycles. The van der Waals surface area contributed by atoms with Gasteiger partial charge in [-0.1, -0.05) is 30.3 Å². The molecule has 1 aliphatic heterocycles. The van der Waals surface area contributed by atoms with Gasteiger partial charge in [-0.05, 0) is 23.8 Å². The molecule has 1 unspecified atom stereocenters. The number of Topliss-reactive ketones (excluding diaryl/α,β-unsaturated/α-hetero) is 1. The van der Waals surface area contributed by atoms with E-state index in [1.54, 1.807) is 6.20 Å². The Labute approximate surface area is 154 Å². The first kappa shape index (κ1) is 17.1. The number of pyridine rings is 1. The van der Waals surface area contributed by atoms with E-state index in [0.29, 0.717) is 11.4 Å². The smallest absolute Gasteiger partial charge is 0.178 e. The van der Waals surface area contributed by atoms with E-state index in [0.717, 1.165) is 23.3 Å². The van der Waals surface area contributed by atoms with E-state index in [9.17, 15) is 13.6 Å². The molecular formula is C21H16F2N2O2. The Bertz CT molecular complexity index is 1020. The quantitative estimate of drug-likeness (QED) is 0.694. The first-order chi connectivity index (χ1) is 13.1. The highest BCUT2D eigenvalue weighted by Crippen LogP contribution is 2.36. The Morgan fingerprint density at radius 1 is 1.15 bits per heavy atom. The summed E-state index contributed by atoms with van der Waals surface area (Å²) >= 11 is 0. The number of hydrogen-bond donors (Lipinski definition) is 1. The van der Waals surface area contributed by atoms with Gasteiger partial charge in [0.2, 0.25) is 0 Å². The Morgan fingerprint density at radius 3 is 2.67 bits per heavy atom. The van der Waals surface area contributed by atoms with E-state index < -0.39 is 28.9 Å². The molecule has 0 radical (unpaired) electrons. The van der Waals surface area contributed by atoms with Crippen LogP contribution in [0.1, 0.15) is 21.8 Å². The molecule has 6 heteroatoms. The minimum absolute atomic E-state index is 0.165. The summed E-state index contributed by atoms with van der Waals surface area (Å²) in [5.41, 5.74) is 1.83. The van der Waals surface area contributed by atoms with Crippen LogP contribution >= 0.6 is 0 Å². The largest absolute Gasteiger partial charge is 0.494 e. The van der Waals surface area contributed by atoms with Gasteiger partial charge in [0.25, 0.3) is 0 Å². The van der Waals surface area contributed by atoms with Gasteiger partial charge < -0.3 is 10.1 Å². The van der Waals surface area contributed by atoms with Gasteiger partial charge in [0, 0.05) is 23.9 Å². The lowest BCUT2D eigenvalue weighted by Crippen LogP contribution is -2.18. The fraction of sp³-hybridized carbons (Fsp3) is 0.143. The second-order valence-electron chi connectivity index (χ2n) is 6.26. The number of aromatic nitrogens is 1. The standard InChI is InChI=1S/C21H16F2N2O2/c1-27-17-8-7-16(22)18(19(17)23)20(26)15-11-25-21-14(15)9-13(10-24-21)12-5-3-2-4-6-12/h2-10,15H,11H2,1H3,(H,24,25). The molecule has 4 nitrogen and oxygen atoms in total. The monoisotopic (exact) mass is 366 g/mol. The average Bonchev–Trinajstić information content (AvgIpc) is 3.12. The molecule has 0 bridgehead atoms. The molecule has 1 atom stereocenters. The van der Waals surface area contributed by atoms with Gasteiger partial charge in [0.15, 0.2) is 17.3 Å². The number of nitrogens with one attached hydrogen (secondary N) is 1. The summed E-state index contributed by atoms with van der Waals surface area (Å²) in [6, 6.07) is 13.6. The van der Waals surface area contributed by atoms with Crippen molar-refractivity contribution in [2.45, 2.75) is 5.92 Å². The van der Waals surface area contributed by atoms with Crippen LogP contribution in [-0.4, -0.2) is 24.4 Å². The van der Waals surface area contributed by atoms with Crippen LogP contribution < -0.4 is 10.1 Å². The molecule has 27 heavy (non-hydrogen) atoms. The van der Waals surface area contributed by atoms with Crippen LogP contribution in [0, 0.1) is 11.6 Å². The number of anilines is 1. The van der Waals surface area contributed by atoms with Crippen LogP contribution in [0.15, 0.2) is 54.7 Å². The van der Waals surface area contributed by atoms with E-state index >= 15 is 0 Å². The number of carbonyl (C=O) groups excluding carboxylic acids is 1. The molecule has 4 rings (SSSR count). The highest BCUT2D eigenvalue weighted by molar-refractivity contribution is 6.03. The maximum atomic E-state index is 14.5. The molecule has 3 aromatic rings. The molecule has 1 aromatic heterocycles. The fourth-order valence-electron chi connectivity index (χ4n) is 3.32. The van der Waals surface area contributed by atoms with E-state index in [1.807, 2.05) is 36.4 Å². The minimum atomic E-state index is -0.983. The fourth-order valence-corrected chi connectivity index (χ4v) is 3.32. The van der Waals surface area contributed by atoms with E-state index in [2.05, 4.69) is 10.3 Å². The maximum Gasteiger partial charge on any atom is 0.178 e. The predicted octanol–water partition coefficient (Wildman–Crippen LogP) is 4.43. The van der Waals surface area contributed by atoms with Crippen molar-refractivity contribution in [3.63, 3.8) is 0 Å². The van der Waals surface area contributed by atoms with Crippen molar-refractivity contribution in [2.75, 3.05) is 19.0 Å². The third kappa shape index (κ3) is 2.93. The van der Waals surface area contributed by atoms with Crippen molar-refractivity contribution in [1.29, 1.82) is 0 Å². The van der Waals surface area contributed by atoms with Crippen molar-refractivity contribution in [3.8, 4) is 16.9 Å². The second kappa shape index (κ2) is 6.79. The summed E-state index contributed by atoms with van der Waals surface area (Å²) in [5.74, 6) is -2.87. The van der Waals surface area contributed by atoms with Gasteiger partial charge in [-0.3, -0.25) is 4.79 Å². The Morgan fingerprint density at radius 2 is 1.93 bits per heavy atom. The number of ether oxygens (including phenoxy) is 1. The zero-order chi connectivity index (χ0) is 19.0. The van der Waals surface area contributed by atoms with E-state index in [1.165, 1.54) is 7.11 Å². The third-order valence-electron chi connectivity index (χ3n) is 4.71. The van der Waals surface area contributed by atoms with Crippen molar-refractivity contribution < 1.29 is 18.3 Å². The summed E-state index contributed by atoms with van der Waals surface area (Å²) in [5, 5.41) is 3.04. The first-order valence-corrected chi connectivity index (χ1v) is 8.45. The number of hydrogen-bond acceptors (Lipinski definition) is 4. The SMILES string of the molecule is COc1ccc(F)c(C(=O)C2CNc3ncc(-c4ccccc4)cc32)c1F. The van der Waals surface area contributed by atoms with Gasteiger partial charge >= 0.3 is 0 Å². The van der Waals surface area contributed by atoms with Crippen LogP contribution in [0.25, 0.3) is 11.1 Å². The van der Waals surface area contributed by atoms with Crippen LogP contribution in [0.4, 0.5) is 14.6 Å². The molecule has 1 N–H and O–H groups in total. The van der Waals surface area contributed by atoms with Crippen molar-refractivity contribution in [2.24, 2.45) is 0 Å². The number of ketones is 1. The number of rotatable bonds is 4. The number of halogens is 2. The maximum absolute atomic E-state index is 14.5. The normalized spacial score (nSPS) is 15.1. The zero-order valence-corrected chi connectivity index (χ0v) is 14.5. The van der Waals surface area contributed by atoms with Crippen molar-refractivity contribution in [3.05, 3.63) is 77.5 Å². The number of benzene rings is 2. The molecule has 2 aromatic carbocycles. The van der Waals surface area contributed by atoms with Crippen molar-refractivity contribution >= 4 is 11.6 Å². The van der Waals surface area contributed by atoms with Crippen LogP contribution in [0.5, 0.6) is 5.75 Å². The van der Waals surface area contributed by atoms with E-state index in [4.69, 9.17) is 4.74 Å². The topological polar surface area (TPSA) is 51.2 Å². The highest BCUT2D eigenvalue weighted by atomic mass is 19.1. The molecular weight excluding hydrogens is 350 g/mol. The molecule has 2 heterocycles. The predicted molar refractivity (Wildman–Crippen MR) is 98.1 cm³/mol. The Hall–Kier alpha value is -3.28. The number of carbonyl (C=O) groups is 1. The third-order valence-corrected chi connectivity index (χ3v) is 4.71. The summed E-state index contributed by atoms with van der Waals surface area (Å²) in [6.07, 6.45) is 1.71. The second-order valence-corrected chi connectivity index (χ2v) is 6.26. The molecule has 0 amide bonds. The zero-order valence-electron chi connectivity index (χ0n) is 14.5. The van der Waals surface area contributed by atoms with Gasteiger partial charge in [0.1, 0.15) is 11.6 Å². The van der Waals surface area contributed by atoms with Gasteiger partial charge in [-0.15, -0.1) is 0 Å². The van der Waals surface area contributed by atoms with Crippen molar-refractivity contribution in [1.82, 2.24) is 4.98 Å². The van der Waals surface area contributed by atoms with Crippen LogP contribution in [0.2, 0.25) is 0 Å². The lowest BCUT2D eigenvalue weighted by atomic mass is 9.91. The lowest BCUT2D eigenvalue weighted by Gasteiger charge is -2.13. The summed E-state index contributed by atoms with van der Waals surface area (Å²) in [6.45, 7) is 0.232. The Balaban J connectivity index is 1.76. The summed E-state index contributed by atoms with van der Waals surface area (Å²) in [4.78, 5) is 17.3. The lowest BCUT2D eigenvalue weighted by molar-refractivity contribution is 0.0957. The first-order valence-electron chi connectivity index (χ1n) is 8.45. The highest BCUT2D eigenvalue weighted by Gasteiger charge is 2.34. The van der Waals surface area contributed by atoms with Crippen LogP contribution in [0.3, 0.4) is 0 Å². The van der Waals surface area contributed by atoms with Gasteiger partial charge in [-0.25, -0.2) is 13.8 Å².